The van der Waals surface area contributed by atoms with E-state index in [2.05, 4.69) is 5.32 Å². The Bertz CT molecular complexity index is 585. The molecule has 1 aromatic rings. The number of hydrogen-bond acceptors (Lipinski definition) is 4. The second kappa shape index (κ2) is 9.66. The summed E-state index contributed by atoms with van der Waals surface area (Å²) < 4.78 is 5.17. The minimum Gasteiger partial charge on any atom is -0.445 e. The second-order valence-electron chi connectivity index (χ2n) is 6.15. The van der Waals surface area contributed by atoms with E-state index in [-0.39, 0.29) is 25.4 Å². The number of benzene rings is 1. The van der Waals surface area contributed by atoms with Crippen LogP contribution in [0.15, 0.2) is 30.3 Å². The summed E-state index contributed by atoms with van der Waals surface area (Å²) in [4.78, 5) is 37.4. The first kappa shape index (κ1) is 18.8. The quantitative estimate of drug-likeness (QED) is 0.781. The molecule has 1 heterocycles. The number of nitrogens with zero attached hydrogens (tertiary/aromatic N) is 1. The number of likely N-dealkylation sites (tertiary alicyclic amines) is 1. The van der Waals surface area contributed by atoms with Gasteiger partial charge in [-0.05, 0) is 31.2 Å². The molecule has 2 rings (SSSR count). The molecule has 0 aromatic heterocycles. The van der Waals surface area contributed by atoms with E-state index in [9.17, 15) is 14.4 Å². The highest BCUT2D eigenvalue weighted by atomic mass is 16.5. The molecule has 3 amide bonds. The molecule has 0 radical (unpaired) electrons. The maximum atomic E-state index is 12.6. The van der Waals surface area contributed by atoms with Crippen molar-refractivity contribution in [2.24, 2.45) is 5.73 Å². The molecule has 1 fully saturated rings. The van der Waals surface area contributed by atoms with Gasteiger partial charge in [0.2, 0.25) is 11.8 Å². The number of carbonyl (C=O) groups is 3. The van der Waals surface area contributed by atoms with Crippen molar-refractivity contribution >= 4 is 17.9 Å². The number of carbonyl (C=O) groups excluding carboxylic acids is 3. The van der Waals surface area contributed by atoms with Crippen molar-refractivity contribution in [1.82, 2.24) is 10.2 Å². The molecule has 0 spiro atoms. The number of rotatable bonds is 7. The lowest BCUT2D eigenvalue weighted by Gasteiger charge is -2.30. The molecule has 136 valence electrons. The first-order valence-corrected chi connectivity index (χ1v) is 8.60. The van der Waals surface area contributed by atoms with E-state index in [1.807, 2.05) is 30.3 Å². The first-order valence-electron chi connectivity index (χ1n) is 8.60. The van der Waals surface area contributed by atoms with Crippen LogP contribution in [0, 0.1) is 0 Å². The molecule has 1 aliphatic rings. The van der Waals surface area contributed by atoms with Crippen molar-refractivity contribution in [3.05, 3.63) is 35.9 Å². The third kappa shape index (κ3) is 6.45. The molecular weight excluding hydrogens is 322 g/mol. The number of amides is 3. The first-order chi connectivity index (χ1) is 12.1. The maximum absolute atomic E-state index is 12.6. The van der Waals surface area contributed by atoms with Crippen LogP contribution in [0.3, 0.4) is 0 Å². The van der Waals surface area contributed by atoms with Crippen molar-refractivity contribution in [2.75, 3.05) is 13.1 Å². The van der Waals surface area contributed by atoms with Gasteiger partial charge in [-0.25, -0.2) is 4.79 Å². The summed E-state index contributed by atoms with van der Waals surface area (Å²) in [5.41, 5.74) is 6.03. The highest BCUT2D eigenvalue weighted by Crippen LogP contribution is 2.12. The largest absolute Gasteiger partial charge is 0.445 e. The zero-order valence-electron chi connectivity index (χ0n) is 14.3. The summed E-state index contributed by atoms with van der Waals surface area (Å²) in [5.74, 6) is -0.687. The lowest BCUT2D eigenvalue weighted by atomic mass is 10.1. The predicted octanol–water partition coefficient (Wildman–Crippen LogP) is 1.56. The van der Waals surface area contributed by atoms with Gasteiger partial charge < -0.3 is 20.7 Å². The molecule has 0 bridgehead atoms. The van der Waals surface area contributed by atoms with Crippen LogP contribution in [-0.2, 0) is 20.9 Å². The summed E-state index contributed by atoms with van der Waals surface area (Å²) in [6.07, 6.45) is 2.53. The predicted molar refractivity (Wildman–Crippen MR) is 92.4 cm³/mol. The molecule has 1 aliphatic heterocycles. The number of piperidine rings is 1. The van der Waals surface area contributed by atoms with Gasteiger partial charge in [0.15, 0.2) is 0 Å². The summed E-state index contributed by atoms with van der Waals surface area (Å²) in [6.45, 7) is 1.46. The molecule has 7 nitrogen and oxygen atoms in total. The Labute approximate surface area is 147 Å². The molecular formula is C18H25N3O4. The topological polar surface area (TPSA) is 102 Å². The van der Waals surface area contributed by atoms with E-state index in [0.29, 0.717) is 13.1 Å². The summed E-state index contributed by atoms with van der Waals surface area (Å²) in [6, 6.07) is 8.47. The highest BCUT2D eigenvalue weighted by molar-refractivity contribution is 5.86. The van der Waals surface area contributed by atoms with Crippen LogP contribution in [0.1, 0.15) is 37.7 Å². The van der Waals surface area contributed by atoms with E-state index in [0.717, 1.165) is 24.8 Å². The Morgan fingerprint density at radius 2 is 1.80 bits per heavy atom. The Balaban J connectivity index is 1.90. The standard InChI is InChI=1S/C18H25N3O4/c19-16(22)10-9-15(17(23)21-11-5-2-6-12-21)20-18(24)25-13-14-7-3-1-4-8-14/h1,3-4,7-8,15H,2,5-6,9-13H2,(H2,19,22)(H,20,24)/t15-/m1/s1. The molecule has 1 atom stereocenters. The maximum Gasteiger partial charge on any atom is 0.408 e. The van der Waals surface area contributed by atoms with Crippen LogP contribution in [0.5, 0.6) is 0 Å². The molecule has 1 saturated heterocycles. The zero-order chi connectivity index (χ0) is 18.1. The van der Waals surface area contributed by atoms with Crippen molar-refractivity contribution in [3.8, 4) is 0 Å². The average molecular weight is 347 g/mol. The lowest BCUT2D eigenvalue weighted by molar-refractivity contribution is -0.134. The summed E-state index contributed by atoms with van der Waals surface area (Å²) in [5, 5.41) is 2.58. The van der Waals surface area contributed by atoms with Crippen molar-refractivity contribution in [1.29, 1.82) is 0 Å². The second-order valence-corrected chi connectivity index (χ2v) is 6.15. The molecule has 1 aromatic carbocycles. The van der Waals surface area contributed by atoms with E-state index in [1.165, 1.54) is 0 Å². The number of ether oxygens (including phenoxy) is 1. The zero-order valence-corrected chi connectivity index (χ0v) is 14.3. The fraction of sp³-hybridized carbons (Fsp3) is 0.500. The number of hydrogen-bond donors (Lipinski definition) is 2. The SMILES string of the molecule is NC(=O)CC[C@@H](NC(=O)OCc1ccccc1)C(=O)N1CCCCC1. The Morgan fingerprint density at radius 3 is 2.44 bits per heavy atom. The van der Waals surface area contributed by atoms with E-state index in [4.69, 9.17) is 10.5 Å². The summed E-state index contributed by atoms with van der Waals surface area (Å²) in [7, 11) is 0. The van der Waals surface area contributed by atoms with Crippen LogP contribution in [0.2, 0.25) is 0 Å². The van der Waals surface area contributed by atoms with Gasteiger partial charge in [-0.1, -0.05) is 30.3 Å². The Kier molecular flexibility index (Phi) is 7.25. The van der Waals surface area contributed by atoms with Crippen LogP contribution >= 0.6 is 0 Å². The minimum atomic E-state index is -0.797. The van der Waals surface area contributed by atoms with Gasteiger partial charge in [-0.2, -0.15) is 0 Å². The fourth-order valence-corrected chi connectivity index (χ4v) is 2.79. The Morgan fingerprint density at radius 1 is 1.12 bits per heavy atom. The molecule has 0 aliphatic carbocycles. The van der Waals surface area contributed by atoms with Crippen LogP contribution in [0.4, 0.5) is 4.79 Å². The molecule has 7 heteroatoms. The molecule has 3 N–H and O–H groups in total. The van der Waals surface area contributed by atoms with Crippen molar-refractivity contribution < 1.29 is 19.1 Å². The van der Waals surface area contributed by atoms with Crippen molar-refractivity contribution in [3.63, 3.8) is 0 Å². The van der Waals surface area contributed by atoms with Gasteiger partial charge in [0.05, 0.1) is 0 Å². The van der Waals surface area contributed by atoms with Crippen LogP contribution in [0.25, 0.3) is 0 Å². The monoisotopic (exact) mass is 347 g/mol. The average Bonchev–Trinajstić information content (AvgIpc) is 2.64. The molecule has 25 heavy (non-hydrogen) atoms. The third-order valence-electron chi connectivity index (χ3n) is 4.15. The number of alkyl carbamates (subject to hydrolysis) is 1. The van der Waals surface area contributed by atoms with Gasteiger partial charge >= 0.3 is 6.09 Å². The fourth-order valence-electron chi connectivity index (χ4n) is 2.79. The molecule has 0 saturated carbocycles. The minimum absolute atomic E-state index is 0.0310. The highest BCUT2D eigenvalue weighted by Gasteiger charge is 2.27. The normalized spacial score (nSPS) is 15.3. The van der Waals surface area contributed by atoms with E-state index in [1.54, 1.807) is 4.90 Å². The summed E-state index contributed by atoms with van der Waals surface area (Å²) >= 11 is 0. The third-order valence-corrected chi connectivity index (χ3v) is 4.15. The van der Waals surface area contributed by atoms with Gasteiger partial charge in [0.1, 0.15) is 12.6 Å². The van der Waals surface area contributed by atoms with E-state index >= 15 is 0 Å². The van der Waals surface area contributed by atoms with Gasteiger partial charge in [0, 0.05) is 19.5 Å². The number of primary amides is 1. The van der Waals surface area contributed by atoms with Gasteiger partial charge in [-0.15, -0.1) is 0 Å². The van der Waals surface area contributed by atoms with E-state index < -0.39 is 18.0 Å². The lowest BCUT2D eigenvalue weighted by Crippen LogP contribution is -2.50. The number of nitrogens with two attached hydrogens (primary N) is 1. The van der Waals surface area contributed by atoms with Gasteiger partial charge in [-0.3, -0.25) is 9.59 Å². The molecule has 0 unspecified atom stereocenters. The Hall–Kier alpha value is -2.57. The van der Waals surface area contributed by atoms with Crippen LogP contribution in [-0.4, -0.2) is 41.9 Å². The van der Waals surface area contributed by atoms with Crippen molar-refractivity contribution in [2.45, 2.75) is 44.8 Å². The van der Waals surface area contributed by atoms with Crippen LogP contribution < -0.4 is 11.1 Å². The smallest absolute Gasteiger partial charge is 0.408 e. The number of nitrogens with one attached hydrogen (secondary N) is 1. The van der Waals surface area contributed by atoms with Gasteiger partial charge in [0.25, 0.3) is 0 Å².